The first kappa shape index (κ1) is 8.58. The van der Waals surface area contributed by atoms with Crippen molar-refractivity contribution >= 4 is 0 Å². The molecule has 62 valence electrons. The smallest absolute Gasteiger partial charge is 0.138 e. The van der Waals surface area contributed by atoms with Gasteiger partial charge in [0.1, 0.15) is 5.60 Å². The van der Waals surface area contributed by atoms with Crippen LogP contribution < -0.4 is 0 Å². The molecule has 1 fully saturated rings. The lowest BCUT2D eigenvalue weighted by molar-refractivity contribution is 0.0263. The standard InChI is InChI=1S/C9H15NO/c1-3-5-9(11)6-4-7-10(2)8-9/h11H,4,6-8H2,1-2H3. The van der Waals surface area contributed by atoms with Gasteiger partial charge in [-0.25, -0.2) is 0 Å². The molecule has 1 heterocycles. The van der Waals surface area contributed by atoms with Gasteiger partial charge in [0.2, 0.25) is 0 Å². The van der Waals surface area contributed by atoms with Crippen LogP contribution in [0, 0.1) is 11.8 Å². The zero-order valence-electron chi connectivity index (χ0n) is 7.22. The second-order valence-corrected chi connectivity index (χ2v) is 3.25. The van der Waals surface area contributed by atoms with Gasteiger partial charge in [-0.3, -0.25) is 0 Å². The Morgan fingerprint density at radius 1 is 1.55 bits per heavy atom. The summed E-state index contributed by atoms with van der Waals surface area (Å²) in [5.74, 6) is 5.63. The monoisotopic (exact) mass is 153 g/mol. The fraction of sp³-hybridized carbons (Fsp3) is 0.778. The second-order valence-electron chi connectivity index (χ2n) is 3.25. The average Bonchev–Trinajstić information content (AvgIpc) is 1.86. The Hall–Kier alpha value is -0.520. The number of nitrogens with zero attached hydrogens (tertiary/aromatic N) is 1. The van der Waals surface area contributed by atoms with Crippen molar-refractivity contribution in [2.45, 2.75) is 25.4 Å². The molecule has 1 unspecified atom stereocenters. The number of β-amino-alcohol motifs (C(OH)–C–C–N with tert-alkyl or cyclic N) is 1. The summed E-state index contributed by atoms with van der Waals surface area (Å²) in [5.41, 5.74) is -0.734. The van der Waals surface area contributed by atoms with Crippen LogP contribution in [-0.2, 0) is 0 Å². The third-order valence-corrected chi connectivity index (χ3v) is 2.02. The Morgan fingerprint density at radius 3 is 2.82 bits per heavy atom. The van der Waals surface area contributed by atoms with E-state index in [9.17, 15) is 5.11 Å². The van der Waals surface area contributed by atoms with Gasteiger partial charge in [-0.2, -0.15) is 0 Å². The lowest BCUT2D eigenvalue weighted by Crippen LogP contribution is -2.45. The van der Waals surface area contributed by atoms with E-state index in [0.717, 1.165) is 19.4 Å². The van der Waals surface area contributed by atoms with Crippen molar-refractivity contribution in [2.24, 2.45) is 0 Å². The quantitative estimate of drug-likeness (QED) is 0.511. The van der Waals surface area contributed by atoms with E-state index in [1.807, 2.05) is 7.05 Å². The third kappa shape index (κ3) is 2.21. The van der Waals surface area contributed by atoms with E-state index in [-0.39, 0.29) is 0 Å². The number of likely N-dealkylation sites (N-methyl/N-ethyl adjacent to an activating group) is 1. The normalized spacial score (nSPS) is 32.6. The summed E-state index contributed by atoms with van der Waals surface area (Å²) >= 11 is 0. The number of rotatable bonds is 0. The van der Waals surface area contributed by atoms with Gasteiger partial charge in [-0.05, 0) is 33.4 Å². The number of piperidine rings is 1. The second kappa shape index (κ2) is 3.25. The lowest BCUT2D eigenvalue weighted by atomic mass is 9.94. The van der Waals surface area contributed by atoms with Crippen molar-refractivity contribution in [3.05, 3.63) is 0 Å². The fourth-order valence-electron chi connectivity index (χ4n) is 1.58. The maximum Gasteiger partial charge on any atom is 0.138 e. The van der Waals surface area contributed by atoms with Gasteiger partial charge in [0.05, 0.1) is 0 Å². The summed E-state index contributed by atoms with van der Waals surface area (Å²) < 4.78 is 0. The minimum absolute atomic E-state index is 0.688. The van der Waals surface area contributed by atoms with Crippen molar-refractivity contribution in [3.63, 3.8) is 0 Å². The molecule has 2 heteroatoms. The molecule has 2 nitrogen and oxygen atoms in total. The van der Waals surface area contributed by atoms with Crippen molar-refractivity contribution in [1.29, 1.82) is 0 Å². The molecular formula is C9H15NO. The number of hydrogen-bond donors (Lipinski definition) is 1. The third-order valence-electron chi connectivity index (χ3n) is 2.02. The van der Waals surface area contributed by atoms with E-state index < -0.39 is 5.60 Å². The Labute approximate surface area is 68.2 Å². The molecule has 0 aromatic carbocycles. The zero-order chi connectivity index (χ0) is 8.32. The van der Waals surface area contributed by atoms with Gasteiger partial charge < -0.3 is 10.0 Å². The molecule has 0 bridgehead atoms. The number of likely N-dealkylation sites (tertiary alicyclic amines) is 1. The van der Waals surface area contributed by atoms with Gasteiger partial charge in [0.15, 0.2) is 0 Å². The molecule has 0 aromatic heterocycles. The van der Waals surface area contributed by atoms with Crippen LogP contribution in [0.2, 0.25) is 0 Å². The van der Waals surface area contributed by atoms with Gasteiger partial charge in [0, 0.05) is 6.54 Å². The molecule has 11 heavy (non-hydrogen) atoms. The van der Waals surface area contributed by atoms with Crippen LogP contribution in [-0.4, -0.2) is 35.7 Å². The SMILES string of the molecule is CC#CC1(O)CCCN(C)C1. The summed E-state index contributed by atoms with van der Waals surface area (Å²) in [6.45, 7) is 3.54. The summed E-state index contributed by atoms with van der Waals surface area (Å²) in [6, 6.07) is 0. The van der Waals surface area contributed by atoms with Gasteiger partial charge in [-0.1, -0.05) is 5.92 Å². The predicted octanol–water partition coefficient (Wildman–Crippen LogP) is 0.466. The predicted molar refractivity (Wildman–Crippen MR) is 45.1 cm³/mol. The summed E-state index contributed by atoms with van der Waals surface area (Å²) in [6.07, 6.45) is 1.86. The van der Waals surface area contributed by atoms with E-state index in [0.29, 0.717) is 6.54 Å². The molecule has 0 saturated carbocycles. The maximum atomic E-state index is 9.83. The molecule has 1 aliphatic rings. The molecule has 0 aliphatic carbocycles. The Morgan fingerprint density at radius 2 is 2.27 bits per heavy atom. The average molecular weight is 153 g/mol. The molecule has 1 rings (SSSR count). The molecule has 1 saturated heterocycles. The highest BCUT2D eigenvalue weighted by Gasteiger charge is 2.29. The molecule has 0 aromatic rings. The van der Waals surface area contributed by atoms with E-state index in [1.54, 1.807) is 6.92 Å². The van der Waals surface area contributed by atoms with Gasteiger partial charge in [-0.15, -0.1) is 5.92 Å². The van der Waals surface area contributed by atoms with Crippen LogP contribution in [0.5, 0.6) is 0 Å². The number of aliphatic hydroxyl groups is 1. The van der Waals surface area contributed by atoms with Gasteiger partial charge >= 0.3 is 0 Å². The first-order chi connectivity index (χ1) is 5.16. The number of hydrogen-bond acceptors (Lipinski definition) is 2. The summed E-state index contributed by atoms with van der Waals surface area (Å²) in [5, 5.41) is 9.83. The van der Waals surface area contributed by atoms with Crippen molar-refractivity contribution in [1.82, 2.24) is 4.90 Å². The molecule has 0 amide bonds. The van der Waals surface area contributed by atoms with Crippen molar-refractivity contribution < 1.29 is 5.11 Å². The van der Waals surface area contributed by atoms with Crippen LogP contribution in [0.4, 0.5) is 0 Å². The van der Waals surface area contributed by atoms with E-state index >= 15 is 0 Å². The van der Waals surface area contributed by atoms with Crippen LogP contribution in [0.3, 0.4) is 0 Å². The van der Waals surface area contributed by atoms with E-state index in [1.165, 1.54) is 0 Å². The topological polar surface area (TPSA) is 23.5 Å². The fourth-order valence-corrected chi connectivity index (χ4v) is 1.58. The summed E-state index contributed by atoms with van der Waals surface area (Å²) in [4.78, 5) is 2.12. The van der Waals surface area contributed by atoms with Crippen LogP contribution in [0.15, 0.2) is 0 Å². The molecule has 1 atom stereocenters. The summed E-state index contributed by atoms with van der Waals surface area (Å²) in [7, 11) is 2.02. The molecule has 1 N–H and O–H groups in total. The Balaban J connectivity index is 2.60. The molecule has 0 radical (unpaired) electrons. The first-order valence-corrected chi connectivity index (χ1v) is 4.01. The highest BCUT2D eigenvalue weighted by atomic mass is 16.3. The van der Waals surface area contributed by atoms with Gasteiger partial charge in [0.25, 0.3) is 0 Å². The Kier molecular flexibility index (Phi) is 2.53. The van der Waals surface area contributed by atoms with E-state index in [4.69, 9.17) is 0 Å². The highest BCUT2D eigenvalue weighted by Crippen LogP contribution is 2.18. The minimum atomic E-state index is -0.734. The Bertz CT molecular complexity index is 191. The largest absolute Gasteiger partial charge is 0.376 e. The van der Waals surface area contributed by atoms with Crippen LogP contribution in [0.25, 0.3) is 0 Å². The molecular weight excluding hydrogens is 138 g/mol. The molecule has 0 spiro atoms. The highest BCUT2D eigenvalue weighted by molar-refractivity contribution is 5.14. The van der Waals surface area contributed by atoms with E-state index in [2.05, 4.69) is 16.7 Å². The lowest BCUT2D eigenvalue weighted by Gasteiger charge is -2.33. The maximum absolute atomic E-state index is 9.83. The van der Waals surface area contributed by atoms with Crippen LogP contribution in [0.1, 0.15) is 19.8 Å². The van der Waals surface area contributed by atoms with Crippen molar-refractivity contribution in [2.75, 3.05) is 20.1 Å². The van der Waals surface area contributed by atoms with Crippen LogP contribution >= 0.6 is 0 Å². The first-order valence-electron chi connectivity index (χ1n) is 4.01. The van der Waals surface area contributed by atoms with Crippen molar-refractivity contribution in [3.8, 4) is 11.8 Å². The molecule has 1 aliphatic heterocycles. The zero-order valence-corrected chi connectivity index (χ0v) is 7.22. The minimum Gasteiger partial charge on any atom is -0.376 e.